The number of fused-ring (bicyclic) bond motifs is 3. The van der Waals surface area contributed by atoms with Gasteiger partial charge in [0.25, 0.3) is 0 Å². The molecular formula is C18H17N5. The third kappa shape index (κ3) is 2.08. The highest BCUT2D eigenvalue weighted by Gasteiger charge is 2.44. The highest BCUT2D eigenvalue weighted by atomic mass is 15.3. The van der Waals surface area contributed by atoms with Gasteiger partial charge in [-0.2, -0.15) is 5.10 Å². The Morgan fingerprint density at radius 1 is 1.22 bits per heavy atom. The fourth-order valence-electron chi connectivity index (χ4n) is 3.57. The van der Waals surface area contributed by atoms with Crippen molar-refractivity contribution in [3.8, 4) is 5.82 Å². The Morgan fingerprint density at radius 3 is 3.04 bits per heavy atom. The van der Waals surface area contributed by atoms with E-state index in [0.29, 0.717) is 11.5 Å². The van der Waals surface area contributed by atoms with Gasteiger partial charge in [-0.25, -0.2) is 9.67 Å². The zero-order valence-corrected chi connectivity index (χ0v) is 12.6. The number of anilines is 3. The van der Waals surface area contributed by atoms with Gasteiger partial charge in [-0.05, 0) is 66.1 Å². The molecule has 23 heavy (non-hydrogen) atoms. The van der Waals surface area contributed by atoms with Crippen LogP contribution in [0, 0.1) is 5.92 Å². The maximum atomic E-state index is 6.08. The Kier molecular flexibility index (Phi) is 2.53. The number of aromatic nitrogens is 3. The van der Waals surface area contributed by atoms with E-state index < -0.39 is 0 Å². The molecule has 0 spiro atoms. The quantitative estimate of drug-likeness (QED) is 0.779. The molecule has 114 valence electrons. The van der Waals surface area contributed by atoms with Crippen molar-refractivity contribution in [2.75, 3.05) is 11.1 Å². The lowest BCUT2D eigenvalue weighted by atomic mass is 10.1. The number of nitrogen functional groups attached to an aromatic ring is 1. The Bertz CT molecular complexity index is 884. The summed E-state index contributed by atoms with van der Waals surface area (Å²) in [6.45, 7) is 0. The van der Waals surface area contributed by atoms with Crippen LogP contribution in [0.2, 0.25) is 0 Å². The van der Waals surface area contributed by atoms with E-state index in [0.717, 1.165) is 23.3 Å². The van der Waals surface area contributed by atoms with E-state index >= 15 is 0 Å². The molecule has 3 aromatic rings. The summed E-state index contributed by atoms with van der Waals surface area (Å²) in [5.41, 5.74) is 10.8. The number of hydrogen-bond donors (Lipinski definition) is 2. The number of nitrogens with one attached hydrogen (secondary N) is 1. The lowest BCUT2D eigenvalue weighted by Gasteiger charge is -2.12. The van der Waals surface area contributed by atoms with E-state index in [2.05, 4.69) is 33.6 Å². The zero-order chi connectivity index (χ0) is 15.4. The van der Waals surface area contributed by atoms with Gasteiger partial charge in [-0.3, -0.25) is 0 Å². The van der Waals surface area contributed by atoms with Crippen molar-refractivity contribution in [3.63, 3.8) is 0 Å². The maximum absolute atomic E-state index is 6.08. The number of nitrogens with two attached hydrogens (primary N) is 1. The molecule has 2 aliphatic carbocycles. The first-order chi connectivity index (χ1) is 11.3. The van der Waals surface area contributed by atoms with Crippen LogP contribution in [0.4, 0.5) is 17.2 Å². The largest absolute Gasteiger partial charge is 0.396 e. The van der Waals surface area contributed by atoms with E-state index in [9.17, 15) is 0 Å². The van der Waals surface area contributed by atoms with Gasteiger partial charge in [0.1, 0.15) is 0 Å². The van der Waals surface area contributed by atoms with Crippen molar-refractivity contribution in [2.24, 2.45) is 5.92 Å². The molecule has 1 aromatic carbocycles. The SMILES string of the molecule is Nc1ccc(-n2cccn2)nc1Nc1ccc2c(c1)C1CC1C2. The van der Waals surface area contributed by atoms with Gasteiger partial charge in [0.15, 0.2) is 11.6 Å². The molecule has 2 unspecified atom stereocenters. The molecule has 0 bridgehead atoms. The standard InChI is InChI=1S/C18H17N5/c19-16-4-5-17(23-7-1-6-20-23)22-18(16)21-13-3-2-11-8-12-9-14(12)15(11)10-13/h1-7,10,12,14H,8-9,19H2,(H,21,22). The summed E-state index contributed by atoms with van der Waals surface area (Å²) in [4.78, 5) is 4.60. The van der Waals surface area contributed by atoms with Crippen molar-refractivity contribution in [1.82, 2.24) is 14.8 Å². The second kappa shape index (κ2) is 4.59. The molecule has 0 aliphatic heterocycles. The van der Waals surface area contributed by atoms with Crippen molar-refractivity contribution in [3.05, 3.63) is 59.9 Å². The molecular weight excluding hydrogens is 286 g/mol. The van der Waals surface area contributed by atoms with E-state index in [-0.39, 0.29) is 0 Å². The minimum Gasteiger partial charge on any atom is -0.396 e. The van der Waals surface area contributed by atoms with Crippen LogP contribution < -0.4 is 11.1 Å². The van der Waals surface area contributed by atoms with Crippen LogP contribution in [-0.2, 0) is 6.42 Å². The van der Waals surface area contributed by atoms with Gasteiger partial charge in [0.2, 0.25) is 0 Å². The minimum absolute atomic E-state index is 0.630. The molecule has 1 fully saturated rings. The van der Waals surface area contributed by atoms with E-state index in [1.807, 2.05) is 24.4 Å². The van der Waals surface area contributed by atoms with Gasteiger partial charge < -0.3 is 11.1 Å². The normalized spacial score (nSPS) is 20.9. The highest BCUT2D eigenvalue weighted by molar-refractivity contribution is 5.70. The minimum atomic E-state index is 0.630. The smallest absolute Gasteiger partial charge is 0.156 e. The molecule has 2 aliphatic rings. The fourth-order valence-corrected chi connectivity index (χ4v) is 3.57. The predicted octanol–water partition coefficient (Wildman–Crippen LogP) is 3.25. The van der Waals surface area contributed by atoms with E-state index in [1.165, 1.54) is 24.0 Å². The van der Waals surface area contributed by atoms with E-state index in [1.54, 1.807) is 10.9 Å². The van der Waals surface area contributed by atoms with Gasteiger partial charge in [-0.1, -0.05) is 6.07 Å². The van der Waals surface area contributed by atoms with Gasteiger partial charge in [-0.15, -0.1) is 0 Å². The second-order valence-corrected chi connectivity index (χ2v) is 6.40. The summed E-state index contributed by atoms with van der Waals surface area (Å²) in [6.07, 6.45) is 6.20. The molecule has 2 atom stereocenters. The fraction of sp³-hybridized carbons (Fsp3) is 0.222. The molecule has 5 nitrogen and oxygen atoms in total. The van der Waals surface area contributed by atoms with Crippen molar-refractivity contribution in [2.45, 2.75) is 18.8 Å². The second-order valence-electron chi connectivity index (χ2n) is 6.40. The molecule has 0 saturated heterocycles. The number of nitrogens with zero attached hydrogens (tertiary/aromatic N) is 3. The highest BCUT2D eigenvalue weighted by Crippen LogP contribution is 2.56. The molecule has 1 saturated carbocycles. The zero-order valence-electron chi connectivity index (χ0n) is 12.6. The topological polar surface area (TPSA) is 68.8 Å². The van der Waals surface area contributed by atoms with Crippen LogP contribution in [0.3, 0.4) is 0 Å². The third-order valence-corrected chi connectivity index (χ3v) is 4.86. The molecule has 5 rings (SSSR count). The molecule has 5 heteroatoms. The first-order valence-electron chi connectivity index (χ1n) is 7.94. The Balaban J connectivity index is 1.48. The van der Waals surface area contributed by atoms with Gasteiger partial charge in [0, 0.05) is 18.1 Å². The summed E-state index contributed by atoms with van der Waals surface area (Å²) >= 11 is 0. The number of rotatable bonds is 3. The Hall–Kier alpha value is -2.82. The summed E-state index contributed by atoms with van der Waals surface area (Å²) < 4.78 is 1.72. The first kappa shape index (κ1) is 12.7. The monoisotopic (exact) mass is 303 g/mol. The molecule has 0 radical (unpaired) electrons. The summed E-state index contributed by atoms with van der Waals surface area (Å²) in [6, 6.07) is 12.2. The molecule has 0 amide bonds. The van der Waals surface area contributed by atoms with Crippen LogP contribution in [0.5, 0.6) is 0 Å². The lowest BCUT2D eigenvalue weighted by molar-refractivity contribution is 0.849. The average Bonchev–Trinajstić information content (AvgIpc) is 2.98. The molecule has 2 aromatic heterocycles. The van der Waals surface area contributed by atoms with Crippen molar-refractivity contribution < 1.29 is 0 Å². The van der Waals surface area contributed by atoms with Crippen LogP contribution in [0.1, 0.15) is 23.5 Å². The summed E-state index contributed by atoms with van der Waals surface area (Å²) in [7, 11) is 0. The number of benzene rings is 1. The molecule has 3 N–H and O–H groups in total. The summed E-state index contributed by atoms with van der Waals surface area (Å²) in [5, 5.41) is 7.58. The van der Waals surface area contributed by atoms with Crippen LogP contribution in [0.15, 0.2) is 48.8 Å². The lowest BCUT2D eigenvalue weighted by Crippen LogP contribution is -2.04. The van der Waals surface area contributed by atoms with Crippen LogP contribution in [-0.4, -0.2) is 14.8 Å². The van der Waals surface area contributed by atoms with E-state index in [4.69, 9.17) is 5.73 Å². The van der Waals surface area contributed by atoms with Crippen molar-refractivity contribution >= 4 is 17.2 Å². The third-order valence-electron chi connectivity index (χ3n) is 4.86. The average molecular weight is 303 g/mol. The first-order valence-corrected chi connectivity index (χ1v) is 7.94. The van der Waals surface area contributed by atoms with Gasteiger partial charge >= 0.3 is 0 Å². The Morgan fingerprint density at radius 2 is 2.17 bits per heavy atom. The predicted molar refractivity (Wildman–Crippen MR) is 90.0 cm³/mol. The van der Waals surface area contributed by atoms with Gasteiger partial charge in [0.05, 0.1) is 5.69 Å². The summed E-state index contributed by atoms with van der Waals surface area (Å²) in [5.74, 6) is 3.09. The molecule has 2 heterocycles. The van der Waals surface area contributed by atoms with Crippen molar-refractivity contribution in [1.29, 1.82) is 0 Å². The van der Waals surface area contributed by atoms with Crippen LogP contribution in [0.25, 0.3) is 5.82 Å². The van der Waals surface area contributed by atoms with Crippen LogP contribution >= 0.6 is 0 Å². The number of hydrogen-bond acceptors (Lipinski definition) is 4. The Labute approximate surface area is 134 Å². The maximum Gasteiger partial charge on any atom is 0.156 e. The number of pyridine rings is 1.